The molecule has 0 N–H and O–H groups in total. The summed E-state index contributed by atoms with van der Waals surface area (Å²) in [6.07, 6.45) is -14.6. The Hall–Kier alpha value is -2.00. The van der Waals surface area contributed by atoms with Crippen LogP contribution >= 0.6 is 22.2 Å². The first-order valence-corrected chi connectivity index (χ1v) is 15.4. The van der Waals surface area contributed by atoms with Gasteiger partial charge in [-0.15, -0.1) is 22.2 Å². The summed E-state index contributed by atoms with van der Waals surface area (Å²) in [5.74, 6) is 0. The summed E-state index contributed by atoms with van der Waals surface area (Å²) in [6.45, 7) is 0. The Morgan fingerprint density at radius 2 is 0.829 bits per heavy atom. The number of alkyl halides is 9. The molecule has 0 atom stereocenters. The lowest BCUT2D eigenvalue weighted by molar-refractivity contribution is -0.138. The lowest BCUT2D eigenvalue weighted by Crippen LogP contribution is -2.70. The second kappa shape index (κ2) is 9.81. The highest BCUT2D eigenvalue weighted by atomic mass is 35.7. The third-order valence-electron chi connectivity index (χ3n) is 5.06. The highest BCUT2D eigenvalue weighted by molar-refractivity contribution is 7.33. The van der Waals surface area contributed by atoms with Crippen LogP contribution < -0.4 is 15.6 Å². The second-order valence-electron chi connectivity index (χ2n) is 7.30. The van der Waals surface area contributed by atoms with Crippen molar-refractivity contribution in [3.8, 4) is 0 Å². The molecule has 0 bridgehead atoms. The van der Waals surface area contributed by atoms with E-state index in [1.807, 2.05) is 0 Å². The Labute approximate surface area is 205 Å². The van der Waals surface area contributed by atoms with Gasteiger partial charge in [0.05, 0.1) is 16.7 Å². The van der Waals surface area contributed by atoms with Gasteiger partial charge in [-0.05, 0) is 33.8 Å². The normalized spacial score (nSPS) is 13.4. The Morgan fingerprint density at radius 1 is 0.543 bits per heavy atom. The van der Waals surface area contributed by atoms with Crippen molar-refractivity contribution >= 4 is 53.7 Å². The predicted molar refractivity (Wildman–Crippen MR) is 119 cm³/mol. The van der Waals surface area contributed by atoms with Crippen molar-refractivity contribution in [1.82, 2.24) is 0 Å². The first-order valence-electron chi connectivity index (χ1n) is 9.54. The zero-order chi connectivity index (χ0) is 26.2. The molecule has 0 unspecified atom stereocenters. The molecule has 0 spiro atoms. The van der Waals surface area contributed by atoms with Crippen LogP contribution in [0.3, 0.4) is 0 Å². The second-order valence-corrected chi connectivity index (χ2v) is 14.9. The highest BCUT2D eigenvalue weighted by Crippen LogP contribution is 2.32. The molecule has 35 heavy (non-hydrogen) atoms. The van der Waals surface area contributed by atoms with Crippen molar-refractivity contribution in [2.45, 2.75) is 18.5 Å². The molecule has 0 amide bonds. The van der Waals surface area contributed by atoms with Gasteiger partial charge in [0.15, 0.2) is 0 Å². The minimum absolute atomic E-state index is 0.273. The molecule has 0 saturated heterocycles. The average molecular weight is 579 g/mol. The summed E-state index contributed by atoms with van der Waals surface area (Å²) >= 11 is 11.9. The Bertz CT molecular complexity index is 1050. The van der Waals surface area contributed by atoms with Gasteiger partial charge in [-0.3, -0.25) is 0 Å². The summed E-state index contributed by atoms with van der Waals surface area (Å²) in [5, 5.41) is -0.820. The van der Waals surface area contributed by atoms with E-state index < -0.39 is 51.2 Å². The fraction of sp³-hybridized carbons (Fsp3) is 0.143. The van der Waals surface area contributed by atoms with Crippen molar-refractivity contribution in [2.75, 3.05) is 0 Å². The fourth-order valence-corrected chi connectivity index (χ4v) is 11.8. The molecule has 1 nitrogen and oxygen atoms in total. The Morgan fingerprint density at radius 3 is 1.06 bits per heavy atom. The van der Waals surface area contributed by atoms with Crippen molar-refractivity contribution in [1.29, 1.82) is 0 Å². The molecule has 0 aliphatic rings. The van der Waals surface area contributed by atoms with Gasteiger partial charge in [-0.2, -0.15) is 39.5 Å². The van der Waals surface area contributed by atoms with Gasteiger partial charge >= 0.3 is 26.2 Å². The molecule has 0 fully saturated rings. The number of benzene rings is 3. The first kappa shape index (κ1) is 27.6. The zero-order valence-electron chi connectivity index (χ0n) is 17.1. The monoisotopic (exact) mass is 578 g/mol. The van der Waals surface area contributed by atoms with E-state index in [2.05, 4.69) is 0 Å². The van der Waals surface area contributed by atoms with Crippen molar-refractivity contribution in [3.63, 3.8) is 0 Å². The van der Waals surface area contributed by atoms with Crippen molar-refractivity contribution < 1.29 is 43.6 Å². The molecule has 3 aromatic rings. The van der Waals surface area contributed by atoms with E-state index in [-0.39, 0.29) is 15.6 Å². The van der Waals surface area contributed by atoms with Crippen LogP contribution in [0.5, 0.6) is 0 Å². The largest absolute Gasteiger partial charge is 0.425 e. The molecular weight excluding hydrogens is 566 g/mol. The Balaban J connectivity index is 2.46. The average Bonchev–Trinajstić information content (AvgIpc) is 2.76. The third-order valence-corrected chi connectivity index (χ3v) is 12.2. The van der Waals surface area contributed by atoms with Gasteiger partial charge in [0.1, 0.15) is 0 Å². The van der Waals surface area contributed by atoms with Crippen LogP contribution in [-0.2, 0) is 22.6 Å². The number of rotatable bonds is 5. The zero-order valence-corrected chi connectivity index (χ0v) is 20.7. The van der Waals surface area contributed by atoms with E-state index in [1.54, 1.807) is 0 Å². The van der Waals surface area contributed by atoms with Gasteiger partial charge in [-0.25, -0.2) is 0 Å². The van der Waals surface area contributed by atoms with Crippen LogP contribution in [0.1, 0.15) is 16.7 Å². The molecule has 0 aliphatic heterocycles. The minimum atomic E-state index is -4.85. The van der Waals surface area contributed by atoms with Gasteiger partial charge in [0, 0.05) is 0 Å². The highest BCUT2D eigenvalue weighted by Gasteiger charge is 2.47. The van der Waals surface area contributed by atoms with E-state index in [9.17, 15) is 39.5 Å². The SMILES string of the molecule is FC(F)(F)c1cccc([Si](O[SiH](Cl)Cl)(c2cccc(C(F)(F)F)c2)c2cccc(C(F)(F)F)c2)c1. The molecule has 0 aliphatic carbocycles. The van der Waals surface area contributed by atoms with Gasteiger partial charge in [-0.1, -0.05) is 54.6 Å². The summed E-state index contributed by atoms with van der Waals surface area (Å²) in [4.78, 5) is 0. The fourth-order valence-electron chi connectivity index (χ4n) is 3.58. The molecule has 3 aromatic carbocycles. The number of hydrogen-bond acceptors (Lipinski definition) is 1. The van der Waals surface area contributed by atoms with Gasteiger partial charge in [0.2, 0.25) is 0 Å². The molecule has 0 aromatic heterocycles. The molecule has 0 heterocycles. The van der Waals surface area contributed by atoms with E-state index in [1.165, 1.54) is 0 Å². The predicted octanol–water partition coefficient (Wildman–Crippen LogP) is 5.92. The van der Waals surface area contributed by atoms with Crippen molar-refractivity contribution in [2.24, 2.45) is 0 Å². The summed E-state index contributed by atoms with van der Waals surface area (Å²) in [6, 6.07) is 10.5. The van der Waals surface area contributed by atoms with Crippen molar-refractivity contribution in [3.05, 3.63) is 89.5 Å². The Kier molecular flexibility index (Phi) is 7.73. The van der Waals surface area contributed by atoms with Gasteiger partial charge < -0.3 is 4.12 Å². The summed E-state index contributed by atoms with van der Waals surface area (Å²) in [7, 11) is -7.84. The first-order chi connectivity index (χ1) is 16.0. The third kappa shape index (κ3) is 6.05. The minimum Gasteiger partial charge on any atom is -0.425 e. The van der Waals surface area contributed by atoms with E-state index in [0.29, 0.717) is 18.2 Å². The molecule has 14 heteroatoms. The van der Waals surface area contributed by atoms with Crippen LogP contribution in [-0.4, -0.2) is 16.0 Å². The van der Waals surface area contributed by atoms with Crippen LogP contribution in [0.15, 0.2) is 72.8 Å². The molecule has 0 radical (unpaired) electrons. The number of halogens is 11. The van der Waals surface area contributed by atoms with E-state index in [4.69, 9.17) is 26.3 Å². The van der Waals surface area contributed by atoms with Crippen LogP contribution in [0, 0.1) is 0 Å². The molecule has 3 rings (SSSR count). The molecular formula is C21H13Cl2F9OSi2. The maximum Gasteiger partial charge on any atom is 0.416 e. The maximum atomic E-state index is 13.5. The summed E-state index contributed by atoms with van der Waals surface area (Å²) < 4.78 is 127. The van der Waals surface area contributed by atoms with Crippen LogP contribution in [0.4, 0.5) is 39.5 Å². The standard InChI is InChI=1S/C21H13Cl2F9OSi2/c22-34(23)33-35(16-7-1-4-13(10-16)19(24,25)26,17-8-2-5-14(11-17)20(27,28)29)18-9-3-6-15(12-18)21(30,31)32/h1-12,34H. The van der Waals surface area contributed by atoms with Crippen LogP contribution in [0.25, 0.3) is 0 Å². The lowest BCUT2D eigenvalue weighted by Gasteiger charge is -2.35. The van der Waals surface area contributed by atoms with E-state index >= 15 is 0 Å². The summed E-state index contributed by atoms with van der Waals surface area (Å²) in [5.41, 5.74) is -3.51. The lowest BCUT2D eigenvalue weighted by atomic mass is 10.2. The van der Waals surface area contributed by atoms with Crippen LogP contribution in [0.2, 0.25) is 0 Å². The number of hydrogen-bond donors (Lipinski definition) is 0. The van der Waals surface area contributed by atoms with E-state index in [0.717, 1.165) is 54.6 Å². The quantitative estimate of drug-likeness (QED) is 0.158. The smallest absolute Gasteiger partial charge is 0.416 e. The maximum absolute atomic E-state index is 13.5. The van der Waals surface area contributed by atoms with Gasteiger partial charge in [0.25, 0.3) is 8.32 Å². The molecule has 0 saturated carbocycles. The topological polar surface area (TPSA) is 9.23 Å². The molecule has 188 valence electrons.